The van der Waals surface area contributed by atoms with Gasteiger partial charge in [-0.15, -0.1) is 0 Å². The van der Waals surface area contributed by atoms with E-state index in [-0.39, 0.29) is 11.3 Å². The van der Waals surface area contributed by atoms with Crippen LogP contribution in [0, 0.1) is 0 Å². The average molecular weight is 345 g/mol. The first-order valence-corrected chi connectivity index (χ1v) is 8.90. The fourth-order valence-corrected chi connectivity index (χ4v) is 3.00. The lowest BCUT2D eigenvalue weighted by Gasteiger charge is -2.18. The third-order valence-electron chi connectivity index (χ3n) is 4.43. The predicted octanol–water partition coefficient (Wildman–Crippen LogP) is 2.19. The molecule has 1 heterocycles. The monoisotopic (exact) mass is 345 g/mol. The molecule has 0 saturated heterocycles. The number of aromatic nitrogens is 1. The summed E-state index contributed by atoms with van der Waals surface area (Å²) in [6.45, 7) is 9.52. The summed E-state index contributed by atoms with van der Waals surface area (Å²) in [4.78, 5) is 27.5. The van der Waals surface area contributed by atoms with E-state index in [1.54, 1.807) is 22.8 Å². The number of amides is 1. The Morgan fingerprint density at radius 3 is 2.52 bits per heavy atom. The molecule has 2 aromatic rings. The fourth-order valence-electron chi connectivity index (χ4n) is 3.00. The molecule has 25 heavy (non-hydrogen) atoms. The molecule has 0 spiro atoms. The van der Waals surface area contributed by atoms with Gasteiger partial charge in [0.05, 0.1) is 5.52 Å². The number of likely N-dealkylation sites (N-methyl/N-ethyl adjacent to an activating group) is 1. The van der Waals surface area contributed by atoms with Crippen molar-refractivity contribution in [3.63, 3.8) is 0 Å². The molecule has 6 heteroatoms. The number of nitrogens with one attached hydrogen (secondary N) is 1. The Morgan fingerprint density at radius 1 is 1.20 bits per heavy atom. The van der Waals surface area contributed by atoms with Crippen LogP contribution in [0.5, 0.6) is 5.75 Å². The first-order chi connectivity index (χ1) is 12.0. The largest absolute Gasteiger partial charge is 0.506 e. The minimum atomic E-state index is -0.523. The van der Waals surface area contributed by atoms with Gasteiger partial charge in [-0.3, -0.25) is 9.59 Å². The third kappa shape index (κ3) is 4.02. The number of aryl methyl sites for hydroxylation is 1. The molecule has 0 bridgehead atoms. The third-order valence-corrected chi connectivity index (χ3v) is 4.43. The summed E-state index contributed by atoms with van der Waals surface area (Å²) < 4.78 is 1.56. The summed E-state index contributed by atoms with van der Waals surface area (Å²) in [5, 5.41) is 13.8. The van der Waals surface area contributed by atoms with Gasteiger partial charge >= 0.3 is 0 Å². The van der Waals surface area contributed by atoms with Crippen LogP contribution < -0.4 is 10.9 Å². The summed E-state index contributed by atoms with van der Waals surface area (Å²) in [6, 6.07) is 7.11. The number of benzene rings is 1. The Labute approximate surface area is 148 Å². The maximum atomic E-state index is 12.8. The van der Waals surface area contributed by atoms with Crippen molar-refractivity contribution in [3.8, 4) is 5.75 Å². The number of nitrogens with zero attached hydrogens (tertiary/aromatic N) is 2. The van der Waals surface area contributed by atoms with Gasteiger partial charge in [-0.1, -0.05) is 32.9 Å². The van der Waals surface area contributed by atoms with E-state index in [4.69, 9.17) is 0 Å². The number of carbonyl (C=O) groups is 1. The second kappa shape index (κ2) is 8.67. The molecule has 2 N–H and O–H groups in total. The maximum Gasteiger partial charge on any atom is 0.267 e. The van der Waals surface area contributed by atoms with Crippen LogP contribution in [-0.2, 0) is 6.54 Å². The van der Waals surface area contributed by atoms with Crippen LogP contribution >= 0.6 is 0 Å². The summed E-state index contributed by atoms with van der Waals surface area (Å²) >= 11 is 0. The quantitative estimate of drug-likeness (QED) is 0.769. The lowest BCUT2D eigenvalue weighted by Crippen LogP contribution is -2.38. The Morgan fingerprint density at radius 2 is 1.88 bits per heavy atom. The highest BCUT2D eigenvalue weighted by Gasteiger charge is 2.21. The van der Waals surface area contributed by atoms with Crippen molar-refractivity contribution < 1.29 is 9.90 Å². The molecule has 1 aromatic heterocycles. The van der Waals surface area contributed by atoms with Crippen molar-refractivity contribution in [2.24, 2.45) is 0 Å². The molecule has 6 nitrogen and oxygen atoms in total. The number of pyridine rings is 1. The molecule has 0 fully saturated rings. The topological polar surface area (TPSA) is 74.6 Å². The molecule has 0 saturated carbocycles. The molecule has 0 radical (unpaired) electrons. The summed E-state index contributed by atoms with van der Waals surface area (Å²) in [5.41, 5.74) is 0.0247. The zero-order valence-corrected chi connectivity index (χ0v) is 15.2. The molecule has 136 valence electrons. The van der Waals surface area contributed by atoms with Gasteiger partial charge in [0.25, 0.3) is 11.5 Å². The van der Waals surface area contributed by atoms with E-state index in [0.29, 0.717) is 30.5 Å². The SMILES string of the molecule is CCCn1c(=O)c(C(=O)NCCN(CC)CC)c(O)c2ccccc21. The number of hydrogen-bond donors (Lipinski definition) is 2. The minimum absolute atomic E-state index is 0.174. The van der Waals surface area contributed by atoms with Gasteiger partial charge in [-0.05, 0) is 31.6 Å². The molecule has 2 rings (SSSR count). The number of para-hydroxylation sites is 1. The molecule has 0 atom stereocenters. The van der Waals surface area contributed by atoms with Crippen LogP contribution in [0.2, 0.25) is 0 Å². The summed E-state index contributed by atoms with van der Waals surface area (Å²) in [6.07, 6.45) is 0.762. The zero-order chi connectivity index (χ0) is 18.4. The highest BCUT2D eigenvalue weighted by atomic mass is 16.3. The van der Waals surface area contributed by atoms with Gasteiger partial charge in [0.2, 0.25) is 0 Å². The van der Waals surface area contributed by atoms with Crippen LogP contribution in [0.1, 0.15) is 37.6 Å². The van der Waals surface area contributed by atoms with E-state index in [0.717, 1.165) is 19.5 Å². The number of rotatable bonds is 8. The molecule has 0 aliphatic heterocycles. The molecule has 1 amide bonds. The Kier molecular flexibility index (Phi) is 6.58. The first kappa shape index (κ1) is 19.0. The van der Waals surface area contributed by atoms with E-state index in [9.17, 15) is 14.7 Å². The van der Waals surface area contributed by atoms with Crippen molar-refractivity contribution >= 4 is 16.8 Å². The smallest absolute Gasteiger partial charge is 0.267 e. The van der Waals surface area contributed by atoms with Crippen LogP contribution in [0.15, 0.2) is 29.1 Å². The van der Waals surface area contributed by atoms with Crippen molar-refractivity contribution in [2.45, 2.75) is 33.7 Å². The average Bonchev–Trinajstić information content (AvgIpc) is 2.62. The van der Waals surface area contributed by atoms with Crippen LogP contribution in [0.25, 0.3) is 10.9 Å². The standard InChI is InChI=1S/C19H27N3O3/c1-4-12-22-15-10-8-7-9-14(15)17(23)16(19(22)25)18(24)20-11-13-21(5-2)6-3/h7-10,23H,4-6,11-13H2,1-3H3,(H,20,24). The Balaban J connectivity index is 2.37. The van der Waals surface area contributed by atoms with Crippen LogP contribution in [0.4, 0.5) is 0 Å². The van der Waals surface area contributed by atoms with Gasteiger partial charge in [-0.2, -0.15) is 0 Å². The van der Waals surface area contributed by atoms with E-state index in [2.05, 4.69) is 24.1 Å². The van der Waals surface area contributed by atoms with Gasteiger partial charge in [0.1, 0.15) is 11.3 Å². The molecule has 0 unspecified atom stereocenters. The first-order valence-electron chi connectivity index (χ1n) is 8.90. The molecule has 0 aliphatic rings. The lowest BCUT2D eigenvalue weighted by molar-refractivity contribution is 0.0944. The Bertz CT molecular complexity index is 794. The normalized spacial score (nSPS) is 11.2. The molecular formula is C19H27N3O3. The maximum absolute atomic E-state index is 12.8. The second-order valence-electron chi connectivity index (χ2n) is 5.98. The van der Waals surface area contributed by atoms with Gasteiger partial charge in [0.15, 0.2) is 0 Å². The van der Waals surface area contributed by atoms with Crippen LogP contribution in [-0.4, -0.2) is 46.7 Å². The lowest BCUT2D eigenvalue weighted by atomic mass is 10.1. The van der Waals surface area contributed by atoms with Crippen molar-refractivity contribution in [1.82, 2.24) is 14.8 Å². The number of aromatic hydroxyl groups is 1. The Hall–Kier alpha value is -2.34. The van der Waals surface area contributed by atoms with Gasteiger partial charge in [0, 0.05) is 25.0 Å². The highest BCUT2D eigenvalue weighted by Crippen LogP contribution is 2.26. The summed E-state index contributed by atoms with van der Waals surface area (Å²) in [7, 11) is 0. The second-order valence-corrected chi connectivity index (χ2v) is 5.98. The van der Waals surface area contributed by atoms with Crippen molar-refractivity contribution in [2.75, 3.05) is 26.2 Å². The van der Waals surface area contributed by atoms with Gasteiger partial charge < -0.3 is 19.9 Å². The predicted molar refractivity (Wildman–Crippen MR) is 100 cm³/mol. The van der Waals surface area contributed by atoms with Gasteiger partial charge in [-0.25, -0.2) is 0 Å². The van der Waals surface area contributed by atoms with Crippen LogP contribution in [0.3, 0.4) is 0 Å². The van der Waals surface area contributed by atoms with Crippen molar-refractivity contribution in [3.05, 3.63) is 40.2 Å². The van der Waals surface area contributed by atoms with E-state index < -0.39 is 11.5 Å². The number of carbonyl (C=O) groups excluding carboxylic acids is 1. The van der Waals surface area contributed by atoms with E-state index >= 15 is 0 Å². The number of hydrogen-bond acceptors (Lipinski definition) is 4. The zero-order valence-electron chi connectivity index (χ0n) is 15.2. The van der Waals surface area contributed by atoms with Crippen molar-refractivity contribution in [1.29, 1.82) is 0 Å². The minimum Gasteiger partial charge on any atom is -0.506 e. The number of fused-ring (bicyclic) bond motifs is 1. The van der Waals surface area contributed by atoms with E-state index in [1.807, 2.05) is 13.0 Å². The highest BCUT2D eigenvalue weighted by molar-refractivity contribution is 6.02. The van der Waals surface area contributed by atoms with E-state index in [1.165, 1.54) is 0 Å². The molecular weight excluding hydrogens is 318 g/mol. The molecule has 0 aliphatic carbocycles. The fraction of sp³-hybridized carbons (Fsp3) is 0.474. The molecule has 1 aromatic carbocycles. The summed E-state index contributed by atoms with van der Waals surface area (Å²) in [5.74, 6) is -0.765.